The first-order valence-electron chi connectivity index (χ1n) is 13.6. The molecule has 9 nitrogen and oxygen atoms in total. The first-order valence-corrected chi connectivity index (χ1v) is 13.6. The fourth-order valence-electron chi connectivity index (χ4n) is 4.21. The van der Waals surface area contributed by atoms with Gasteiger partial charge in [-0.2, -0.15) is 0 Å². The summed E-state index contributed by atoms with van der Waals surface area (Å²) in [6, 6.07) is 22.1. The van der Waals surface area contributed by atoms with E-state index >= 15 is 0 Å². The van der Waals surface area contributed by atoms with E-state index in [1.165, 1.54) is 4.90 Å². The fraction of sp³-hybridized carbons (Fsp3) is 0.312. The van der Waals surface area contributed by atoms with Crippen LogP contribution in [0.15, 0.2) is 78.9 Å². The molecule has 0 unspecified atom stereocenters. The molecule has 0 aliphatic carbocycles. The van der Waals surface area contributed by atoms with Gasteiger partial charge < -0.3 is 30.8 Å². The number of carbonyl (C=O) groups excluding carboxylic acids is 4. The number of anilines is 2. The molecule has 3 rings (SSSR count). The number of amides is 4. The van der Waals surface area contributed by atoms with E-state index in [-0.39, 0.29) is 50.2 Å². The zero-order valence-corrected chi connectivity index (χ0v) is 24.7. The summed E-state index contributed by atoms with van der Waals surface area (Å²) in [5.74, 6) is -1.64. The normalized spacial score (nSPS) is 11.1. The van der Waals surface area contributed by atoms with Gasteiger partial charge in [-0.1, -0.05) is 74.5 Å². The second-order valence-corrected chi connectivity index (χ2v) is 10.4. The van der Waals surface area contributed by atoms with Crippen LogP contribution in [-0.4, -0.2) is 41.8 Å². The van der Waals surface area contributed by atoms with E-state index in [4.69, 9.17) is 0 Å². The van der Waals surface area contributed by atoms with Gasteiger partial charge in [0.25, 0.3) is 0 Å². The number of aliphatic carboxylic acids is 1. The number of rotatable bonds is 13. The summed E-state index contributed by atoms with van der Waals surface area (Å²) in [6.45, 7) is 6.18. The minimum absolute atomic E-state index is 0. The molecular formula is C32H37LiN4O5. The summed E-state index contributed by atoms with van der Waals surface area (Å²) in [6.07, 6.45) is 0.403. The van der Waals surface area contributed by atoms with Crippen LogP contribution in [0.1, 0.15) is 49.4 Å². The van der Waals surface area contributed by atoms with Crippen LogP contribution in [0.2, 0.25) is 0 Å². The number of hydrogen-bond acceptors (Lipinski definition) is 5. The van der Waals surface area contributed by atoms with E-state index in [1.54, 1.807) is 54.6 Å². The Labute approximate surface area is 259 Å². The number of carboxylic acids is 1. The number of urea groups is 1. The molecule has 0 aromatic heterocycles. The second-order valence-electron chi connectivity index (χ2n) is 10.4. The summed E-state index contributed by atoms with van der Waals surface area (Å²) >= 11 is 0. The first-order chi connectivity index (χ1) is 19.6. The number of carbonyl (C=O) groups is 4. The fourth-order valence-corrected chi connectivity index (χ4v) is 4.21. The molecule has 42 heavy (non-hydrogen) atoms. The number of benzene rings is 3. The van der Waals surface area contributed by atoms with Gasteiger partial charge in [-0.15, -0.1) is 0 Å². The van der Waals surface area contributed by atoms with Gasteiger partial charge in [0.1, 0.15) is 0 Å². The number of nitrogens with one attached hydrogen (secondary N) is 3. The summed E-state index contributed by atoms with van der Waals surface area (Å²) < 4.78 is 0. The summed E-state index contributed by atoms with van der Waals surface area (Å²) in [4.78, 5) is 51.4. The van der Waals surface area contributed by atoms with Crippen molar-refractivity contribution in [3.63, 3.8) is 0 Å². The topological polar surface area (TPSA) is 131 Å². The van der Waals surface area contributed by atoms with Crippen LogP contribution < -0.4 is 39.9 Å². The van der Waals surface area contributed by atoms with Crippen LogP contribution in [0.25, 0.3) is 0 Å². The smallest absolute Gasteiger partial charge is 0.550 e. The molecule has 0 aliphatic rings. The largest absolute Gasteiger partial charge is 1.00 e. The van der Waals surface area contributed by atoms with Gasteiger partial charge in [0.15, 0.2) is 0 Å². The first kappa shape index (κ1) is 34.1. The molecule has 0 fully saturated rings. The van der Waals surface area contributed by atoms with E-state index in [2.05, 4.69) is 16.0 Å². The van der Waals surface area contributed by atoms with Crippen molar-refractivity contribution in [2.45, 2.75) is 46.1 Å². The molecule has 0 radical (unpaired) electrons. The summed E-state index contributed by atoms with van der Waals surface area (Å²) in [5, 5.41) is 19.6. The molecule has 216 valence electrons. The van der Waals surface area contributed by atoms with Gasteiger partial charge in [0.2, 0.25) is 11.8 Å². The van der Waals surface area contributed by atoms with E-state index in [9.17, 15) is 24.3 Å². The number of para-hydroxylation sites is 1. The van der Waals surface area contributed by atoms with E-state index in [1.807, 2.05) is 45.0 Å². The van der Waals surface area contributed by atoms with Gasteiger partial charge in [-0.3, -0.25) is 9.59 Å². The molecule has 10 heteroatoms. The molecule has 3 aromatic rings. The summed E-state index contributed by atoms with van der Waals surface area (Å²) in [7, 11) is 0. The van der Waals surface area contributed by atoms with Crippen LogP contribution in [0.4, 0.5) is 16.2 Å². The Hall–Kier alpha value is -4.06. The maximum atomic E-state index is 13.3. The minimum atomic E-state index is -1.28. The van der Waals surface area contributed by atoms with Crippen LogP contribution >= 0.6 is 0 Å². The van der Waals surface area contributed by atoms with Crippen LogP contribution in [-0.2, 0) is 20.8 Å². The van der Waals surface area contributed by atoms with Gasteiger partial charge in [-0.05, 0) is 54.2 Å². The van der Waals surface area contributed by atoms with Crippen molar-refractivity contribution in [2.24, 2.45) is 5.92 Å². The Balaban J connectivity index is 0.00000616. The second kappa shape index (κ2) is 17.0. The van der Waals surface area contributed by atoms with Crippen LogP contribution in [0.3, 0.4) is 0 Å². The van der Waals surface area contributed by atoms with Crippen molar-refractivity contribution in [3.8, 4) is 0 Å². The van der Waals surface area contributed by atoms with Crippen LogP contribution in [0, 0.1) is 12.8 Å². The average Bonchev–Trinajstić information content (AvgIpc) is 2.93. The molecule has 0 bridgehead atoms. The molecule has 0 saturated heterocycles. The monoisotopic (exact) mass is 564 g/mol. The van der Waals surface area contributed by atoms with Gasteiger partial charge in [-0.25, -0.2) is 4.79 Å². The molecule has 1 atom stereocenters. The van der Waals surface area contributed by atoms with Gasteiger partial charge >= 0.3 is 24.9 Å². The number of nitrogens with zero attached hydrogens (tertiary/aromatic N) is 1. The molecular weight excluding hydrogens is 527 g/mol. The standard InChI is InChI=1S/C32H38N4O5.Li/c1-22(2)17-18-36(21-29(37)34-28(20-31(39)40)25-10-5-4-6-11-25)30(38)19-24-13-15-26(16-14-24)33-32(41)35-27-12-8-7-9-23(27)3;/h4-16,22,28H,17-21H2,1-3H3,(H,34,37)(H,39,40)(H2,33,35,41);/q;+1/p-1/t28-;/m0./s1. The summed E-state index contributed by atoms with van der Waals surface area (Å²) in [5.41, 5.74) is 3.61. The van der Waals surface area contributed by atoms with E-state index < -0.39 is 17.9 Å². The van der Waals surface area contributed by atoms with Crippen molar-refractivity contribution in [1.29, 1.82) is 0 Å². The van der Waals surface area contributed by atoms with Crippen molar-refractivity contribution in [3.05, 3.63) is 95.6 Å². The van der Waals surface area contributed by atoms with E-state index in [0.717, 1.165) is 11.1 Å². The van der Waals surface area contributed by atoms with Crippen molar-refractivity contribution in [2.75, 3.05) is 23.7 Å². The van der Waals surface area contributed by atoms with Crippen LogP contribution in [0.5, 0.6) is 0 Å². The number of aryl methyl sites for hydroxylation is 1. The number of hydrogen-bond donors (Lipinski definition) is 3. The Morgan fingerprint density at radius 2 is 1.50 bits per heavy atom. The SMILES string of the molecule is Cc1ccccc1NC(=O)Nc1ccc(CC(=O)N(CCC(C)C)CC(=O)N[C@@H](CC(=O)[O-])c2ccccc2)cc1.[Li+]. The predicted octanol–water partition coefficient (Wildman–Crippen LogP) is 1.06. The minimum Gasteiger partial charge on any atom is -0.550 e. The van der Waals surface area contributed by atoms with Gasteiger partial charge in [0, 0.05) is 30.3 Å². The number of carboxylic acid groups (broad SMARTS) is 1. The average molecular weight is 565 g/mol. The Bertz CT molecular complexity index is 1330. The van der Waals surface area contributed by atoms with E-state index in [0.29, 0.717) is 35.8 Å². The van der Waals surface area contributed by atoms with Crippen molar-refractivity contribution >= 4 is 35.2 Å². The van der Waals surface area contributed by atoms with Crippen molar-refractivity contribution in [1.82, 2.24) is 10.2 Å². The molecule has 0 heterocycles. The molecule has 0 spiro atoms. The quantitative estimate of drug-likeness (QED) is 0.267. The Morgan fingerprint density at radius 1 is 0.857 bits per heavy atom. The third-order valence-electron chi connectivity index (χ3n) is 6.53. The molecule has 3 N–H and O–H groups in total. The maximum Gasteiger partial charge on any atom is 1.00 e. The molecule has 0 saturated carbocycles. The zero-order valence-electron chi connectivity index (χ0n) is 24.7. The Morgan fingerprint density at radius 3 is 2.12 bits per heavy atom. The zero-order chi connectivity index (χ0) is 29.8. The molecule has 3 aromatic carbocycles. The maximum absolute atomic E-state index is 13.3. The van der Waals surface area contributed by atoms with Gasteiger partial charge in [0.05, 0.1) is 19.0 Å². The van der Waals surface area contributed by atoms with Crippen molar-refractivity contribution < 1.29 is 43.1 Å². The third-order valence-corrected chi connectivity index (χ3v) is 6.53. The molecule has 4 amide bonds. The molecule has 0 aliphatic heterocycles. The predicted molar refractivity (Wildman–Crippen MR) is 157 cm³/mol. The Kier molecular flexibility index (Phi) is 13.8. The third kappa shape index (κ3) is 11.4.